The number of nitrogens with one attached hydrogen (secondary N) is 2. The van der Waals surface area contributed by atoms with Gasteiger partial charge in [-0.05, 0) is 58.7 Å². The van der Waals surface area contributed by atoms with Gasteiger partial charge in [0.25, 0.3) is 0 Å². The molecule has 0 heterocycles. The van der Waals surface area contributed by atoms with Gasteiger partial charge in [-0.15, -0.1) is 0 Å². The van der Waals surface area contributed by atoms with E-state index < -0.39 is 6.03 Å². The maximum Gasteiger partial charge on any atom is 0.323 e. The van der Waals surface area contributed by atoms with E-state index in [0.29, 0.717) is 27.1 Å². The molecule has 2 amide bonds. The Hall–Kier alpha value is -1.43. The van der Waals surface area contributed by atoms with Crippen LogP contribution in [0.5, 0.6) is 0 Å². The van der Waals surface area contributed by atoms with Gasteiger partial charge in [-0.2, -0.15) is 0 Å². The highest BCUT2D eigenvalue weighted by Crippen LogP contribution is 2.28. The summed E-state index contributed by atoms with van der Waals surface area (Å²) >= 11 is 15.1. The first-order valence-corrected chi connectivity index (χ1v) is 7.50. The minimum absolute atomic E-state index is 0.371. The maximum absolute atomic E-state index is 12.0. The summed E-state index contributed by atoms with van der Waals surface area (Å²) in [5.74, 6) is 0. The summed E-state index contributed by atoms with van der Waals surface area (Å²) < 4.78 is 0.749. The molecule has 0 spiro atoms. The fraction of sp³-hybridized carbons (Fsp3) is 0.0714. The average Bonchev–Trinajstić information content (AvgIpc) is 2.40. The maximum atomic E-state index is 12.0. The van der Waals surface area contributed by atoms with Crippen molar-refractivity contribution in [2.45, 2.75) is 6.92 Å². The highest BCUT2D eigenvalue weighted by Gasteiger charge is 2.09. The molecule has 0 bridgehead atoms. The van der Waals surface area contributed by atoms with Crippen LogP contribution < -0.4 is 16.4 Å². The Morgan fingerprint density at radius 1 is 1.14 bits per heavy atom. The van der Waals surface area contributed by atoms with E-state index in [1.807, 2.05) is 13.0 Å². The predicted octanol–water partition coefficient (Wildman–Crippen LogP) is 5.29. The van der Waals surface area contributed by atoms with Gasteiger partial charge in [0.2, 0.25) is 0 Å². The number of urea groups is 1. The molecular formula is C14H12BrCl2N3O. The Morgan fingerprint density at radius 2 is 1.86 bits per heavy atom. The first kappa shape index (κ1) is 15.9. The second kappa shape index (κ2) is 6.56. The molecule has 0 radical (unpaired) electrons. The number of amides is 2. The van der Waals surface area contributed by atoms with E-state index in [2.05, 4.69) is 26.6 Å². The summed E-state index contributed by atoms with van der Waals surface area (Å²) in [6.07, 6.45) is 0. The number of carbonyl (C=O) groups excluding carboxylic acids is 1. The molecule has 0 atom stereocenters. The summed E-state index contributed by atoms with van der Waals surface area (Å²) in [6.45, 7) is 1.89. The lowest BCUT2D eigenvalue weighted by molar-refractivity contribution is 0.262. The van der Waals surface area contributed by atoms with Gasteiger partial charge in [-0.1, -0.05) is 23.2 Å². The van der Waals surface area contributed by atoms with Gasteiger partial charge < -0.3 is 16.4 Å². The molecule has 0 unspecified atom stereocenters. The van der Waals surface area contributed by atoms with Gasteiger partial charge in [0.05, 0.1) is 15.7 Å². The third-order valence-electron chi connectivity index (χ3n) is 2.78. The Morgan fingerprint density at radius 3 is 2.52 bits per heavy atom. The minimum Gasteiger partial charge on any atom is -0.398 e. The van der Waals surface area contributed by atoms with Crippen LogP contribution in [-0.2, 0) is 0 Å². The third kappa shape index (κ3) is 4.03. The highest BCUT2D eigenvalue weighted by molar-refractivity contribution is 9.10. The second-order valence-corrected chi connectivity index (χ2v) is 6.07. The molecule has 0 saturated heterocycles. The van der Waals surface area contributed by atoms with Crippen molar-refractivity contribution in [3.8, 4) is 0 Å². The Balaban J connectivity index is 2.11. The number of anilines is 3. The molecule has 7 heteroatoms. The lowest BCUT2D eigenvalue weighted by Gasteiger charge is -2.11. The highest BCUT2D eigenvalue weighted by atomic mass is 79.9. The van der Waals surface area contributed by atoms with Crippen molar-refractivity contribution < 1.29 is 4.79 Å². The number of halogens is 3. The molecule has 0 aromatic heterocycles. The van der Waals surface area contributed by atoms with Crippen molar-refractivity contribution in [3.05, 3.63) is 50.4 Å². The molecule has 4 nitrogen and oxygen atoms in total. The summed E-state index contributed by atoms with van der Waals surface area (Å²) in [6, 6.07) is 7.96. The molecule has 21 heavy (non-hydrogen) atoms. The van der Waals surface area contributed by atoms with Gasteiger partial charge in [-0.25, -0.2) is 4.79 Å². The van der Waals surface area contributed by atoms with Gasteiger partial charge >= 0.3 is 6.03 Å². The molecule has 0 aliphatic rings. The average molecular weight is 389 g/mol. The summed E-state index contributed by atoms with van der Waals surface area (Å²) in [4.78, 5) is 12.0. The zero-order chi connectivity index (χ0) is 15.6. The van der Waals surface area contributed by atoms with Crippen LogP contribution in [0.4, 0.5) is 21.9 Å². The van der Waals surface area contributed by atoms with E-state index in [1.54, 1.807) is 24.3 Å². The van der Waals surface area contributed by atoms with E-state index >= 15 is 0 Å². The zero-order valence-corrected chi connectivity index (χ0v) is 14.1. The predicted molar refractivity (Wildman–Crippen MR) is 92.4 cm³/mol. The van der Waals surface area contributed by atoms with Crippen LogP contribution in [0.1, 0.15) is 5.56 Å². The fourth-order valence-electron chi connectivity index (χ4n) is 1.64. The van der Waals surface area contributed by atoms with Crippen molar-refractivity contribution >= 4 is 62.2 Å². The first-order chi connectivity index (χ1) is 9.86. The molecular weight excluding hydrogens is 377 g/mol. The third-order valence-corrected chi connectivity index (χ3v) is 4.18. The lowest BCUT2D eigenvalue weighted by Crippen LogP contribution is -2.19. The number of benzene rings is 2. The van der Waals surface area contributed by atoms with Crippen molar-refractivity contribution in [3.63, 3.8) is 0 Å². The van der Waals surface area contributed by atoms with Gasteiger partial charge in [0.15, 0.2) is 0 Å². The lowest BCUT2D eigenvalue weighted by atomic mass is 10.2. The van der Waals surface area contributed by atoms with Crippen molar-refractivity contribution in [2.24, 2.45) is 0 Å². The molecule has 0 aliphatic carbocycles. The molecule has 4 N–H and O–H groups in total. The molecule has 2 aromatic carbocycles. The number of hydrogen-bond acceptors (Lipinski definition) is 2. The molecule has 110 valence electrons. The van der Waals surface area contributed by atoms with Gasteiger partial charge in [0, 0.05) is 15.8 Å². The topological polar surface area (TPSA) is 67.2 Å². The number of carbonyl (C=O) groups is 1. The second-order valence-electron chi connectivity index (χ2n) is 4.40. The van der Waals surface area contributed by atoms with Crippen LogP contribution in [0.25, 0.3) is 0 Å². The van der Waals surface area contributed by atoms with Crippen molar-refractivity contribution in [1.82, 2.24) is 0 Å². The standard InChI is InChI=1S/C14H12BrCl2N3O/c1-7-4-9(15)13(6-12(7)18)20-14(21)19-8-2-3-10(16)11(17)5-8/h2-6H,18H2,1H3,(H2,19,20,21). The molecule has 0 fully saturated rings. The number of aryl methyl sites for hydroxylation is 1. The van der Waals surface area contributed by atoms with Crippen molar-refractivity contribution in [2.75, 3.05) is 16.4 Å². The molecule has 0 aliphatic heterocycles. The number of nitrogens with two attached hydrogens (primary N) is 1. The van der Waals surface area contributed by atoms with Crippen LogP contribution in [-0.4, -0.2) is 6.03 Å². The largest absolute Gasteiger partial charge is 0.398 e. The summed E-state index contributed by atoms with van der Waals surface area (Å²) in [5, 5.41) is 6.17. The van der Waals surface area contributed by atoms with E-state index in [1.165, 1.54) is 0 Å². The van der Waals surface area contributed by atoms with Crippen LogP contribution in [0, 0.1) is 6.92 Å². The van der Waals surface area contributed by atoms with E-state index in [9.17, 15) is 4.79 Å². The van der Waals surface area contributed by atoms with Crippen LogP contribution in [0.3, 0.4) is 0 Å². The smallest absolute Gasteiger partial charge is 0.323 e. The monoisotopic (exact) mass is 387 g/mol. The van der Waals surface area contributed by atoms with E-state index in [-0.39, 0.29) is 0 Å². The SMILES string of the molecule is Cc1cc(Br)c(NC(=O)Nc2ccc(Cl)c(Cl)c2)cc1N. The summed E-state index contributed by atoms with van der Waals surface area (Å²) in [5.41, 5.74) is 8.48. The van der Waals surface area contributed by atoms with Gasteiger partial charge in [0.1, 0.15) is 0 Å². The van der Waals surface area contributed by atoms with E-state index in [4.69, 9.17) is 28.9 Å². The van der Waals surface area contributed by atoms with Crippen LogP contribution >= 0.6 is 39.1 Å². The normalized spacial score (nSPS) is 10.3. The quantitative estimate of drug-likeness (QED) is 0.611. The number of rotatable bonds is 2. The van der Waals surface area contributed by atoms with E-state index in [0.717, 1.165) is 10.0 Å². The molecule has 0 saturated carbocycles. The fourth-order valence-corrected chi connectivity index (χ4v) is 2.50. The van der Waals surface area contributed by atoms with Gasteiger partial charge in [-0.3, -0.25) is 0 Å². The number of nitrogen functional groups attached to an aromatic ring is 1. The Kier molecular flexibility index (Phi) is 4.98. The minimum atomic E-state index is -0.405. The van der Waals surface area contributed by atoms with Crippen LogP contribution in [0.15, 0.2) is 34.8 Å². The van der Waals surface area contributed by atoms with Crippen LogP contribution in [0.2, 0.25) is 10.0 Å². The number of hydrogen-bond donors (Lipinski definition) is 3. The zero-order valence-electron chi connectivity index (χ0n) is 11.0. The van der Waals surface area contributed by atoms with Crippen molar-refractivity contribution in [1.29, 1.82) is 0 Å². The first-order valence-electron chi connectivity index (χ1n) is 5.95. The molecule has 2 aromatic rings. The summed E-state index contributed by atoms with van der Waals surface area (Å²) in [7, 11) is 0. The Labute approximate surface area is 140 Å². The molecule has 2 rings (SSSR count). The Bertz CT molecular complexity index is 707.